The number of fused-ring (bicyclic) bond motifs is 2. The predicted molar refractivity (Wildman–Crippen MR) is 158 cm³/mol. The first-order valence-corrected chi connectivity index (χ1v) is 13.1. The topological polar surface area (TPSA) is 40.8 Å². The molecule has 0 amide bonds. The molecule has 0 aliphatic carbocycles. The summed E-state index contributed by atoms with van der Waals surface area (Å²) in [5.74, 6) is 3.06. The van der Waals surface area contributed by atoms with E-state index >= 15 is 0 Å². The first-order chi connectivity index (χ1) is 18.7. The molecule has 0 aliphatic rings. The Balaban J connectivity index is 2.16. The molecule has 4 aromatic carbocycles. The summed E-state index contributed by atoms with van der Waals surface area (Å²) in [6.45, 7) is 10.7. The number of nitrogens with zero attached hydrogens (tertiary/aromatic N) is 1. The van der Waals surface area contributed by atoms with Gasteiger partial charge in [-0.3, -0.25) is 0 Å². The normalized spacial score (nSPS) is 11.2. The highest BCUT2D eigenvalue weighted by molar-refractivity contribution is 6.13. The standard InChI is InChI=1S/C34H36NO4/c1-19-10-22(4)31(23(5)11-19)34-32-27(14-21(3)15-29(32)38-8)35(24-12-20(2)13-25(16-24)36-6)28-17-26(37-7)18-30(39-9)33(28)34/h10-18H,1-9H3/q+1. The van der Waals surface area contributed by atoms with Gasteiger partial charge in [-0.05, 0) is 74.6 Å². The molecule has 0 unspecified atom stereocenters. The Bertz CT molecular complexity index is 1730. The van der Waals surface area contributed by atoms with Gasteiger partial charge in [0.1, 0.15) is 23.0 Å². The molecule has 0 spiro atoms. The molecule has 39 heavy (non-hydrogen) atoms. The van der Waals surface area contributed by atoms with E-state index in [2.05, 4.69) is 81.7 Å². The highest BCUT2D eigenvalue weighted by Gasteiger charge is 2.31. The lowest BCUT2D eigenvalue weighted by atomic mass is 9.87. The predicted octanol–water partition coefficient (Wildman–Crippen LogP) is 7.51. The fraction of sp³-hybridized carbons (Fsp3) is 0.265. The third-order valence-electron chi connectivity index (χ3n) is 7.39. The first-order valence-electron chi connectivity index (χ1n) is 13.1. The van der Waals surface area contributed by atoms with Gasteiger partial charge in [-0.25, -0.2) is 0 Å². The lowest BCUT2D eigenvalue weighted by Crippen LogP contribution is -2.33. The lowest BCUT2D eigenvalue weighted by Gasteiger charge is -2.20. The zero-order valence-corrected chi connectivity index (χ0v) is 24.3. The molecule has 5 heteroatoms. The van der Waals surface area contributed by atoms with Crippen LogP contribution in [0.2, 0.25) is 0 Å². The van der Waals surface area contributed by atoms with E-state index in [1.54, 1.807) is 28.4 Å². The summed E-state index contributed by atoms with van der Waals surface area (Å²) in [5, 5.41) is 2.01. The van der Waals surface area contributed by atoms with Crippen LogP contribution in [0.3, 0.4) is 0 Å². The summed E-state index contributed by atoms with van der Waals surface area (Å²) in [7, 11) is 6.83. The van der Waals surface area contributed by atoms with Gasteiger partial charge in [0.25, 0.3) is 0 Å². The minimum atomic E-state index is 0.718. The fourth-order valence-corrected chi connectivity index (χ4v) is 5.94. The van der Waals surface area contributed by atoms with Crippen molar-refractivity contribution in [3.05, 3.63) is 82.4 Å². The van der Waals surface area contributed by atoms with Crippen molar-refractivity contribution in [3.63, 3.8) is 0 Å². The molecule has 5 aromatic rings. The van der Waals surface area contributed by atoms with E-state index in [1.165, 1.54) is 22.3 Å². The van der Waals surface area contributed by atoms with Crippen LogP contribution in [-0.2, 0) is 0 Å². The minimum absolute atomic E-state index is 0.718. The number of hydrogen-bond donors (Lipinski definition) is 0. The average Bonchev–Trinajstić information content (AvgIpc) is 2.90. The summed E-state index contributed by atoms with van der Waals surface area (Å²) in [5.41, 5.74) is 11.1. The lowest BCUT2D eigenvalue weighted by molar-refractivity contribution is -0.538. The maximum atomic E-state index is 6.10. The highest BCUT2D eigenvalue weighted by atomic mass is 16.5. The van der Waals surface area contributed by atoms with Crippen molar-refractivity contribution in [2.75, 3.05) is 28.4 Å². The van der Waals surface area contributed by atoms with Gasteiger partial charge in [-0.15, -0.1) is 0 Å². The van der Waals surface area contributed by atoms with Crippen LogP contribution in [-0.4, -0.2) is 28.4 Å². The monoisotopic (exact) mass is 522 g/mol. The zero-order chi connectivity index (χ0) is 28.0. The maximum absolute atomic E-state index is 6.10. The molecule has 1 aromatic heterocycles. The Labute approximate surface area is 230 Å². The summed E-state index contributed by atoms with van der Waals surface area (Å²) in [6, 6.07) is 19.1. The number of pyridine rings is 1. The smallest absolute Gasteiger partial charge is 0.227 e. The van der Waals surface area contributed by atoms with Crippen molar-refractivity contribution in [1.29, 1.82) is 0 Å². The van der Waals surface area contributed by atoms with Crippen LogP contribution in [0.5, 0.6) is 23.0 Å². The minimum Gasteiger partial charge on any atom is -0.496 e. The van der Waals surface area contributed by atoms with E-state index in [9.17, 15) is 0 Å². The van der Waals surface area contributed by atoms with Gasteiger partial charge in [-0.2, -0.15) is 4.57 Å². The van der Waals surface area contributed by atoms with Crippen molar-refractivity contribution in [1.82, 2.24) is 0 Å². The van der Waals surface area contributed by atoms with Gasteiger partial charge in [0.15, 0.2) is 0 Å². The summed E-state index contributed by atoms with van der Waals surface area (Å²) in [6.07, 6.45) is 0. The third kappa shape index (κ3) is 4.42. The van der Waals surface area contributed by atoms with Gasteiger partial charge in [0.2, 0.25) is 16.7 Å². The summed E-state index contributed by atoms with van der Waals surface area (Å²) >= 11 is 0. The maximum Gasteiger partial charge on any atom is 0.227 e. The van der Waals surface area contributed by atoms with Crippen LogP contribution in [0.15, 0.2) is 54.6 Å². The van der Waals surface area contributed by atoms with Crippen LogP contribution in [0.25, 0.3) is 38.6 Å². The number of aryl methyl sites for hydroxylation is 5. The first kappa shape index (κ1) is 26.4. The second kappa shape index (κ2) is 10.1. The summed E-state index contributed by atoms with van der Waals surface area (Å²) < 4.78 is 25.9. The van der Waals surface area contributed by atoms with Gasteiger partial charge < -0.3 is 18.9 Å². The molecule has 0 bridgehead atoms. The molecule has 0 atom stereocenters. The zero-order valence-electron chi connectivity index (χ0n) is 24.3. The highest BCUT2D eigenvalue weighted by Crippen LogP contribution is 2.46. The molecular formula is C34H36NO4+. The Morgan fingerprint density at radius 3 is 1.56 bits per heavy atom. The van der Waals surface area contributed by atoms with Crippen LogP contribution in [0.4, 0.5) is 0 Å². The molecule has 0 saturated heterocycles. The molecular weight excluding hydrogens is 486 g/mol. The summed E-state index contributed by atoms with van der Waals surface area (Å²) in [4.78, 5) is 0. The number of benzene rings is 4. The van der Waals surface area contributed by atoms with Gasteiger partial charge in [-0.1, -0.05) is 17.7 Å². The van der Waals surface area contributed by atoms with Crippen LogP contribution in [0.1, 0.15) is 27.8 Å². The fourth-order valence-electron chi connectivity index (χ4n) is 5.94. The molecule has 0 saturated carbocycles. The molecule has 0 N–H and O–H groups in total. The van der Waals surface area contributed by atoms with Crippen molar-refractivity contribution < 1.29 is 23.5 Å². The van der Waals surface area contributed by atoms with E-state index < -0.39 is 0 Å². The van der Waals surface area contributed by atoms with Crippen LogP contribution >= 0.6 is 0 Å². The number of methoxy groups -OCH3 is 4. The Morgan fingerprint density at radius 1 is 0.462 bits per heavy atom. The van der Waals surface area contributed by atoms with Crippen molar-refractivity contribution in [3.8, 4) is 39.8 Å². The number of aromatic nitrogens is 1. The van der Waals surface area contributed by atoms with E-state index in [0.717, 1.165) is 67.2 Å². The van der Waals surface area contributed by atoms with Crippen molar-refractivity contribution in [2.45, 2.75) is 34.6 Å². The van der Waals surface area contributed by atoms with Crippen molar-refractivity contribution >= 4 is 21.8 Å². The largest absolute Gasteiger partial charge is 0.496 e. The molecule has 0 aliphatic heterocycles. The molecule has 0 fully saturated rings. The number of hydrogen-bond acceptors (Lipinski definition) is 4. The van der Waals surface area contributed by atoms with E-state index in [1.807, 2.05) is 12.1 Å². The molecule has 1 heterocycles. The van der Waals surface area contributed by atoms with Gasteiger partial charge in [0, 0.05) is 23.8 Å². The third-order valence-corrected chi connectivity index (χ3v) is 7.39. The second-order valence-electron chi connectivity index (χ2n) is 10.3. The SMILES string of the molecule is COc1cc(C)cc(-[n+]2c3cc(C)cc(OC)c3c(-c3c(C)cc(C)cc3C)c3c(OC)cc(OC)cc32)c1. The van der Waals surface area contributed by atoms with E-state index in [0.29, 0.717) is 0 Å². The van der Waals surface area contributed by atoms with Crippen LogP contribution in [0, 0.1) is 34.6 Å². The number of ether oxygens (including phenoxy) is 4. The molecule has 0 radical (unpaired) electrons. The number of rotatable bonds is 6. The molecule has 5 rings (SSSR count). The second-order valence-corrected chi connectivity index (χ2v) is 10.3. The van der Waals surface area contributed by atoms with E-state index in [-0.39, 0.29) is 0 Å². The Morgan fingerprint density at radius 2 is 0.974 bits per heavy atom. The Kier molecular flexibility index (Phi) is 6.85. The van der Waals surface area contributed by atoms with Gasteiger partial charge >= 0.3 is 0 Å². The molecule has 200 valence electrons. The molecule has 5 nitrogen and oxygen atoms in total. The van der Waals surface area contributed by atoms with Gasteiger partial charge in [0.05, 0.1) is 51.3 Å². The van der Waals surface area contributed by atoms with Crippen molar-refractivity contribution in [2.24, 2.45) is 0 Å². The Hall–Kier alpha value is -4.25. The van der Waals surface area contributed by atoms with Crippen LogP contribution < -0.4 is 23.5 Å². The quantitative estimate of drug-likeness (QED) is 0.171. The van der Waals surface area contributed by atoms with E-state index in [4.69, 9.17) is 18.9 Å². The average molecular weight is 523 g/mol.